The molecular formula is C18H27FN2O2. The molecule has 0 radical (unpaired) electrons. The number of methoxy groups -OCH3 is 1. The van der Waals surface area contributed by atoms with Crippen LogP contribution in [0.3, 0.4) is 0 Å². The van der Waals surface area contributed by atoms with E-state index in [9.17, 15) is 9.18 Å². The van der Waals surface area contributed by atoms with Gasteiger partial charge < -0.3 is 15.0 Å². The zero-order chi connectivity index (χ0) is 16.7. The summed E-state index contributed by atoms with van der Waals surface area (Å²) < 4.78 is 18.6. The molecule has 1 aromatic rings. The summed E-state index contributed by atoms with van der Waals surface area (Å²) >= 11 is 0. The van der Waals surface area contributed by atoms with E-state index in [2.05, 4.69) is 5.32 Å². The van der Waals surface area contributed by atoms with E-state index >= 15 is 0 Å². The van der Waals surface area contributed by atoms with Gasteiger partial charge in [0.1, 0.15) is 5.82 Å². The molecule has 1 aliphatic carbocycles. The second-order valence-corrected chi connectivity index (χ2v) is 6.35. The van der Waals surface area contributed by atoms with Gasteiger partial charge in [-0.1, -0.05) is 31.4 Å². The smallest absolute Gasteiger partial charge is 0.318 e. The highest BCUT2D eigenvalue weighted by Crippen LogP contribution is 2.18. The lowest BCUT2D eigenvalue weighted by molar-refractivity contribution is 0.105. The molecule has 1 aromatic carbocycles. The Labute approximate surface area is 138 Å². The highest BCUT2D eigenvalue weighted by Gasteiger charge is 2.24. The van der Waals surface area contributed by atoms with Crippen LogP contribution in [0.2, 0.25) is 0 Å². The molecule has 1 N–H and O–H groups in total. The lowest BCUT2D eigenvalue weighted by atomic mass is 9.96. The van der Waals surface area contributed by atoms with Crippen LogP contribution in [0.15, 0.2) is 24.3 Å². The Morgan fingerprint density at radius 3 is 2.78 bits per heavy atom. The largest absolute Gasteiger partial charge is 0.383 e. The van der Waals surface area contributed by atoms with Gasteiger partial charge in [0.05, 0.1) is 12.6 Å². The second kappa shape index (κ2) is 8.87. The van der Waals surface area contributed by atoms with Crippen molar-refractivity contribution in [2.45, 2.75) is 57.7 Å². The van der Waals surface area contributed by atoms with Gasteiger partial charge in [0, 0.05) is 19.7 Å². The number of carbonyl (C=O) groups excluding carboxylic acids is 1. The summed E-state index contributed by atoms with van der Waals surface area (Å²) in [5.74, 6) is -0.283. The number of halogens is 1. The topological polar surface area (TPSA) is 41.6 Å². The molecule has 0 heterocycles. The summed E-state index contributed by atoms with van der Waals surface area (Å²) in [6.07, 6.45) is 5.67. The van der Waals surface area contributed by atoms with Crippen molar-refractivity contribution in [3.05, 3.63) is 35.6 Å². The number of carbonyl (C=O) groups is 1. The van der Waals surface area contributed by atoms with Crippen molar-refractivity contribution >= 4 is 6.03 Å². The van der Waals surface area contributed by atoms with Crippen molar-refractivity contribution in [3.8, 4) is 0 Å². The average Bonchev–Trinajstić information content (AvgIpc) is 2.53. The first kappa shape index (κ1) is 17.7. The van der Waals surface area contributed by atoms with Crippen LogP contribution < -0.4 is 5.32 Å². The van der Waals surface area contributed by atoms with Crippen LogP contribution in [0.1, 0.15) is 44.6 Å². The van der Waals surface area contributed by atoms with Crippen LogP contribution >= 0.6 is 0 Å². The summed E-state index contributed by atoms with van der Waals surface area (Å²) in [5, 5.41) is 3.13. The number of nitrogens with one attached hydrogen (secondary N) is 1. The quantitative estimate of drug-likeness (QED) is 0.867. The fourth-order valence-electron chi connectivity index (χ4n) is 3.10. The summed E-state index contributed by atoms with van der Waals surface area (Å²) in [7, 11) is 1.62. The molecular weight excluding hydrogens is 295 g/mol. The van der Waals surface area contributed by atoms with Gasteiger partial charge in [-0.2, -0.15) is 0 Å². The lowest BCUT2D eigenvalue weighted by Crippen LogP contribution is -2.49. The van der Waals surface area contributed by atoms with Gasteiger partial charge in [-0.05, 0) is 37.5 Å². The summed E-state index contributed by atoms with van der Waals surface area (Å²) in [4.78, 5) is 14.4. The van der Waals surface area contributed by atoms with Crippen LogP contribution in [-0.2, 0) is 11.3 Å². The molecule has 2 amide bonds. The Kier molecular flexibility index (Phi) is 6.84. The minimum atomic E-state index is -0.283. The number of hydrogen-bond donors (Lipinski definition) is 1. The molecule has 1 saturated carbocycles. The van der Waals surface area contributed by atoms with E-state index in [4.69, 9.17) is 4.74 Å². The minimum absolute atomic E-state index is 0.0770. The number of urea groups is 1. The molecule has 0 aromatic heterocycles. The van der Waals surface area contributed by atoms with Crippen molar-refractivity contribution in [1.82, 2.24) is 10.2 Å². The summed E-state index contributed by atoms with van der Waals surface area (Å²) in [5.41, 5.74) is 0.784. The Hall–Kier alpha value is -1.62. The zero-order valence-corrected chi connectivity index (χ0v) is 14.1. The monoisotopic (exact) mass is 322 g/mol. The third-order valence-corrected chi connectivity index (χ3v) is 4.38. The molecule has 0 bridgehead atoms. The van der Waals surface area contributed by atoms with E-state index in [-0.39, 0.29) is 23.9 Å². The Morgan fingerprint density at radius 1 is 1.39 bits per heavy atom. The Bertz CT molecular complexity index is 504. The summed E-state index contributed by atoms with van der Waals surface area (Å²) in [6.45, 7) is 2.78. The predicted octanol–water partition coefficient (Wildman–Crippen LogP) is 3.70. The molecule has 128 valence electrons. The van der Waals surface area contributed by atoms with Crippen LogP contribution in [0.25, 0.3) is 0 Å². The van der Waals surface area contributed by atoms with E-state index in [0.717, 1.165) is 18.4 Å². The number of benzene rings is 1. The standard InChI is InChI=1S/C18H27FN2O2/c1-14(13-23-2)21(12-15-7-6-8-16(19)11-15)18(22)20-17-9-4-3-5-10-17/h6-8,11,14,17H,3-5,9-10,12-13H2,1-2H3,(H,20,22). The van der Waals surface area contributed by atoms with Crippen LogP contribution in [0, 0.1) is 5.82 Å². The molecule has 2 rings (SSSR count). The van der Waals surface area contributed by atoms with E-state index in [1.807, 2.05) is 13.0 Å². The van der Waals surface area contributed by atoms with E-state index in [0.29, 0.717) is 13.2 Å². The third-order valence-electron chi connectivity index (χ3n) is 4.38. The zero-order valence-electron chi connectivity index (χ0n) is 14.1. The maximum absolute atomic E-state index is 13.4. The van der Waals surface area contributed by atoms with Crippen LogP contribution in [0.5, 0.6) is 0 Å². The lowest BCUT2D eigenvalue weighted by Gasteiger charge is -2.32. The molecule has 1 fully saturated rings. The van der Waals surface area contributed by atoms with Crippen molar-refractivity contribution in [2.75, 3.05) is 13.7 Å². The van der Waals surface area contributed by atoms with Crippen LogP contribution in [-0.4, -0.2) is 36.7 Å². The second-order valence-electron chi connectivity index (χ2n) is 6.35. The first-order chi connectivity index (χ1) is 11.1. The third kappa shape index (κ3) is 5.50. The fourth-order valence-corrected chi connectivity index (χ4v) is 3.10. The highest BCUT2D eigenvalue weighted by atomic mass is 19.1. The molecule has 1 aliphatic rings. The van der Waals surface area contributed by atoms with Crippen molar-refractivity contribution < 1.29 is 13.9 Å². The van der Waals surface area contributed by atoms with Gasteiger partial charge in [0.2, 0.25) is 0 Å². The van der Waals surface area contributed by atoms with Gasteiger partial charge in [-0.25, -0.2) is 9.18 Å². The Balaban J connectivity index is 2.04. The van der Waals surface area contributed by atoms with E-state index < -0.39 is 0 Å². The van der Waals surface area contributed by atoms with E-state index in [1.165, 1.54) is 31.4 Å². The van der Waals surface area contributed by atoms with Gasteiger partial charge in [0.15, 0.2) is 0 Å². The molecule has 5 heteroatoms. The molecule has 23 heavy (non-hydrogen) atoms. The van der Waals surface area contributed by atoms with Gasteiger partial charge in [-0.3, -0.25) is 0 Å². The highest BCUT2D eigenvalue weighted by molar-refractivity contribution is 5.75. The van der Waals surface area contributed by atoms with Crippen molar-refractivity contribution in [1.29, 1.82) is 0 Å². The predicted molar refractivity (Wildman–Crippen MR) is 88.7 cm³/mol. The van der Waals surface area contributed by atoms with Gasteiger partial charge >= 0.3 is 6.03 Å². The van der Waals surface area contributed by atoms with Crippen molar-refractivity contribution in [3.63, 3.8) is 0 Å². The molecule has 1 unspecified atom stereocenters. The summed E-state index contributed by atoms with van der Waals surface area (Å²) in [6, 6.07) is 6.47. The molecule has 0 saturated heterocycles. The Morgan fingerprint density at radius 2 is 2.13 bits per heavy atom. The maximum atomic E-state index is 13.4. The number of nitrogens with zero attached hydrogens (tertiary/aromatic N) is 1. The van der Waals surface area contributed by atoms with Crippen LogP contribution in [0.4, 0.5) is 9.18 Å². The molecule has 0 aliphatic heterocycles. The van der Waals surface area contributed by atoms with Gasteiger partial charge in [0.25, 0.3) is 0 Å². The minimum Gasteiger partial charge on any atom is -0.383 e. The first-order valence-electron chi connectivity index (χ1n) is 8.40. The van der Waals surface area contributed by atoms with Gasteiger partial charge in [-0.15, -0.1) is 0 Å². The fraction of sp³-hybridized carbons (Fsp3) is 0.611. The number of hydrogen-bond acceptors (Lipinski definition) is 2. The van der Waals surface area contributed by atoms with Crippen molar-refractivity contribution in [2.24, 2.45) is 0 Å². The average molecular weight is 322 g/mol. The molecule has 1 atom stereocenters. The SMILES string of the molecule is COCC(C)N(Cc1cccc(F)c1)C(=O)NC1CCCCC1. The van der Waals surface area contributed by atoms with E-state index in [1.54, 1.807) is 18.1 Å². The number of amides is 2. The maximum Gasteiger partial charge on any atom is 0.318 e. The molecule has 0 spiro atoms. The molecule has 4 nitrogen and oxygen atoms in total. The normalized spacial score (nSPS) is 16.8. The number of ether oxygens (including phenoxy) is 1. The first-order valence-corrected chi connectivity index (χ1v) is 8.40. The number of rotatable bonds is 6.